The molecular formula is C13H15N. The van der Waals surface area contributed by atoms with Crippen LogP contribution in [0.15, 0.2) is 29.8 Å². The molecule has 1 aromatic rings. The quantitative estimate of drug-likeness (QED) is 0.600. The van der Waals surface area contributed by atoms with Crippen LogP contribution in [0, 0.1) is 0 Å². The summed E-state index contributed by atoms with van der Waals surface area (Å²) in [6.45, 7) is 2.38. The highest BCUT2D eigenvalue weighted by Gasteiger charge is 2.28. The van der Waals surface area contributed by atoms with Crippen LogP contribution in [0.3, 0.4) is 0 Å². The molecule has 1 heterocycles. The van der Waals surface area contributed by atoms with Gasteiger partial charge in [-0.25, -0.2) is 0 Å². The van der Waals surface area contributed by atoms with Crippen LogP contribution in [-0.2, 0) is 0 Å². The van der Waals surface area contributed by atoms with Gasteiger partial charge in [-0.3, -0.25) is 0 Å². The molecule has 72 valence electrons. The summed E-state index contributed by atoms with van der Waals surface area (Å²) >= 11 is 0. The fourth-order valence-corrected chi connectivity index (χ4v) is 2.70. The van der Waals surface area contributed by atoms with Gasteiger partial charge in [0.1, 0.15) is 0 Å². The van der Waals surface area contributed by atoms with Crippen molar-refractivity contribution >= 4 is 6.08 Å². The van der Waals surface area contributed by atoms with Gasteiger partial charge in [0.05, 0.1) is 0 Å². The van der Waals surface area contributed by atoms with E-state index in [0.717, 1.165) is 12.5 Å². The summed E-state index contributed by atoms with van der Waals surface area (Å²) < 4.78 is 0. The normalized spacial score (nSPS) is 25.5. The van der Waals surface area contributed by atoms with Gasteiger partial charge in [-0.15, -0.1) is 0 Å². The summed E-state index contributed by atoms with van der Waals surface area (Å²) in [6.07, 6.45) is 3.68. The second-order valence-corrected chi connectivity index (χ2v) is 4.43. The van der Waals surface area contributed by atoms with Gasteiger partial charge in [0.15, 0.2) is 0 Å². The molecule has 0 aromatic heterocycles. The first-order valence-electron chi connectivity index (χ1n) is 5.32. The number of benzene rings is 1. The number of nitrogens with zero attached hydrogens (tertiary/aromatic N) is 1. The van der Waals surface area contributed by atoms with Gasteiger partial charge in [0.2, 0.25) is 0 Å². The average Bonchev–Trinajstić information content (AvgIpc) is 2.54. The van der Waals surface area contributed by atoms with Crippen LogP contribution in [0.25, 0.3) is 6.08 Å². The number of likely N-dealkylation sites (tertiary alicyclic amines) is 1. The minimum atomic E-state index is 0.724. The number of likely N-dealkylation sites (N-methyl/N-ethyl adjacent to an activating group) is 1. The Hall–Kier alpha value is -1.08. The molecule has 0 spiro atoms. The van der Waals surface area contributed by atoms with Crippen LogP contribution >= 0.6 is 0 Å². The Kier molecular flexibility index (Phi) is 1.74. The van der Waals surface area contributed by atoms with Crippen LogP contribution in [-0.4, -0.2) is 25.0 Å². The van der Waals surface area contributed by atoms with Gasteiger partial charge < -0.3 is 4.90 Å². The largest absolute Gasteiger partial charge is 0.302 e. The lowest BCUT2D eigenvalue weighted by Crippen LogP contribution is -2.30. The fraction of sp³-hybridized carbons (Fsp3) is 0.385. The second-order valence-electron chi connectivity index (χ2n) is 4.43. The molecule has 0 bridgehead atoms. The highest BCUT2D eigenvalue weighted by molar-refractivity contribution is 5.67. The second kappa shape index (κ2) is 2.96. The smallest absolute Gasteiger partial charge is 0.0199 e. The van der Waals surface area contributed by atoms with Crippen LogP contribution in [0.5, 0.6) is 0 Å². The van der Waals surface area contributed by atoms with Gasteiger partial charge >= 0.3 is 0 Å². The Morgan fingerprint density at radius 3 is 3.07 bits per heavy atom. The maximum atomic E-state index is 2.41. The zero-order valence-corrected chi connectivity index (χ0v) is 8.53. The summed E-state index contributed by atoms with van der Waals surface area (Å²) in [7, 11) is 2.21. The van der Waals surface area contributed by atoms with Gasteiger partial charge in [-0.2, -0.15) is 0 Å². The van der Waals surface area contributed by atoms with Crippen molar-refractivity contribution in [2.24, 2.45) is 0 Å². The third-order valence-corrected chi connectivity index (χ3v) is 3.41. The standard InChI is InChI=1S/C13H15N/c1-14-7-6-13-11(9-14)8-10-4-2-3-5-12(10)13/h2-5,8,13H,6-7,9H2,1H3. The van der Waals surface area contributed by atoms with E-state index in [1.165, 1.54) is 18.5 Å². The van der Waals surface area contributed by atoms with E-state index >= 15 is 0 Å². The molecule has 1 aromatic carbocycles. The van der Waals surface area contributed by atoms with E-state index in [1.54, 1.807) is 11.1 Å². The molecule has 1 nitrogen and oxygen atoms in total. The number of rotatable bonds is 0. The highest BCUT2D eigenvalue weighted by Crippen LogP contribution is 2.40. The zero-order chi connectivity index (χ0) is 9.54. The molecule has 1 atom stereocenters. The van der Waals surface area contributed by atoms with E-state index in [1.807, 2.05) is 0 Å². The number of hydrogen-bond acceptors (Lipinski definition) is 1. The Balaban J connectivity index is 2.03. The first-order chi connectivity index (χ1) is 6.84. The SMILES string of the molecule is CN1CCC2C(=Cc3ccccc32)C1. The van der Waals surface area contributed by atoms with E-state index in [-0.39, 0.29) is 0 Å². The van der Waals surface area contributed by atoms with Gasteiger partial charge in [-0.1, -0.05) is 30.3 Å². The minimum Gasteiger partial charge on any atom is -0.302 e. The molecule has 1 fully saturated rings. The molecule has 1 aliphatic heterocycles. The van der Waals surface area contributed by atoms with E-state index in [2.05, 4.69) is 42.3 Å². The summed E-state index contributed by atoms with van der Waals surface area (Å²) in [5.41, 5.74) is 4.61. The number of fused-ring (bicyclic) bond motifs is 3. The Bertz CT molecular complexity index is 392. The molecule has 0 amide bonds. The molecule has 1 aliphatic carbocycles. The summed E-state index contributed by atoms with van der Waals surface area (Å²) in [6, 6.07) is 8.82. The van der Waals surface area contributed by atoms with Gasteiger partial charge in [0, 0.05) is 12.5 Å². The fourth-order valence-electron chi connectivity index (χ4n) is 2.70. The van der Waals surface area contributed by atoms with Crippen LogP contribution in [0.2, 0.25) is 0 Å². The van der Waals surface area contributed by atoms with E-state index in [9.17, 15) is 0 Å². The van der Waals surface area contributed by atoms with E-state index < -0.39 is 0 Å². The molecule has 1 unspecified atom stereocenters. The predicted octanol–water partition coefficient (Wildman–Crippen LogP) is 2.50. The summed E-state index contributed by atoms with van der Waals surface area (Å²) in [5.74, 6) is 0.724. The lowest BCUT2D eigenvalue weighted by molar-refractivity contribution is 0.309. The molecule has 14 heavy (non-hydrogen) atoms. The molecule has 2 aliphatic rings. The first kappa shape index (κ1) is 8.25. The monoisotopic (exact) mass is 185 g/mol. The Morgan fingerprint density at radius 2 is 2.14 bits per heavy atom. The maximum absolute atomic E-state index is 2.41. The molecule has 1 saturated heterocycles. The summed E-state index contributed by atoms with van der Waals surface area (Å²) in [5, 5.41) is 0. The van der Waals surface area contributed by atoms with Crippen molar-refractivity contribution in [2.75, 3.05) is 20.1 Å². The average molecular weight is 185 g/mol. The summed E-state index contributed by atoms with van der Waals surface area (Å²) in [4.78, 5) is 2.41. The predicted molar refractivity (Wildman–Crippen MR) is 59.3 cm³/mol. The van der Waals surface area contributed by atoms with Crippen molar-refractivity contribution in [3.05, 3.63) is 41.0 Å². The van der Waals surface area contributed by atoms with E-state index in [4.69, 9.17) is 0 Å². The van der Waals surface area contributed by atoms with Crippen LogP contribution < -0.4 is 0 Å². The molecule has 0 N–H and O–H groups in total. The van der Waals surface area contributed by atoms with Crippen molar-refractivity contribution in [3.8, 4) is 0 Å². The lowest BCUT2D eigenvalue weighted by Gasteiger charge is -2.29. The molecule has 3 rings (SSSR count). The lowest BCUT2D eigenvalue weighted by atomic mass is 9.89. The van der Waals surface area contributed by atoms with Crippen molar-refractivity contribution in [1.29, 1.82) is 0 Å². The van der Waals surface area contributed by atoms with Crippen molar-refractivity contribution in [2.45, 2.75) is 12.3 Å². The van der Waals surface area contributed by atoms with Crippen LogP contribution in [0.1, 0.15) is 23.5 Å². The molecule has 0 saturated carbocycles. The maximum Gasteiger partial charge on any atom is 0.0199 e. The first-order valence-corrected chi connectivity index (χ1v) is 5.32. The topological polar surface area (TPSA) is 3.24 Å². The Morgan fingerprint density at radius 1 is 1.29 bits per heavy atom. The third-order valence-electron chi connectivity index (χ3n) is 3.41. The van der Waals surface area contributed by atoms with Crippen molar-refractivity contribution in [1.82, 2.24) is 4.90 Å². The van der Waals surface area contributed by atoms with E-state index in [0.29, 0.717) is 0 Å². The minimum absolute atomic E-state index is 0.724. The Labute approximate surface area is 85.0 Å². The number of piperidine rings is 1. The molecular weight excluding hydrogens is 170 g/mol. The van der Waals surface area contributed by atoms with Crippen molar-refractivity contribution < 1.29 is 0 Å². The highest BCUT2D eigenvalue weighted by atomic mass is 15.1. The van der Waals surface area contributed by atoms with Gasteiger partial charge in [0.25, 0.3) is 0 Å². The molecule has 0 radical (unpaired) electrons. The zero-order valence-electron chi connectivity index (χ0n) is 8.53. The third kappa shape index (κ3) is 1.12. The van der Waals surface area contributed by atoms with Gasteiger partial charge in [-0.05, 0) is 36.7 Å². The molecule has 1 heteroatoms. The van der Waals surface area contributed by atoms with Crippen molar-refractivity contribution in [3.63, 3.8) is 0 Å². The number of hydrogen-bond donors (Lipinski definition) is 0. The van der Waals surface area contributed by atoms with Crippen LogP contribution in [0.4, 0.5) is 0 Å².